The average molecular weight is 404 g/mol. The van der Waals surface area contributed by atoms with E-state index in [2.05, 4.69) is 10.4 Å². The standard InChI is InChI=1S/C20H25N3O4S/c1-20(2)10-12(8-9-27-20)23-18-16(19(25)22-23)17(28-11-15(24)21-18)13-6-4-5-7-14(13)26-3/h4-7,12,17H,8-11H2,1-3H3,(H,21,24)(H,22,25)/t12-,17+/m0/s1. The number of fused-ring (bicyclic) bond motifs is 1. The second-order valence-electron chi connectivity index (χ2n) is 7.81. The predicted molar refractivity (Wildman–Crippen MR) is 109 cm³/mol. The Balaban J connectivity index is 1.83. The summed E-state index contributed by atoms with van der Waals surface area (Å²) in [7, 11) is 1.62. The minimum atomic E-state index is -0.289. The Morgan fingerprint density at radius 2 is 2.07 bits per heavy atom. The number of hydrogen-bond donors (Lipinski definition) is 2. The highest BCUT2D eigenvalue weighted by molar-refractivity contribution is 8.00. The molecular formula is C20H25N3O4S. The van der Waals surface area contributed by atoms with Gasteiger partial charge in [0.1, 0.15) is 11.6 Å². The number of nitrogens with zero attached hydrogens (tertiary/aromatic N) is 1. The Morgan fingerprint density at radius 3 is 2.82 bits per heavy atom. The number of methoxy groups -OCH3 is 1. The van der Waals surface area contributed by atoms with Crippen molar-refractivity contribution in [2.75, 3.05) is 24.8 Å². The van der Waals surface area contributed by atoms with Crippen molar-refractivity contribution in [3.05, 3.63) is 45.7 Å². The van der Waals surface area contributed by atoms with Crippen molar-refractivity contribution < 1.29 is 14.3 Å². The molecule has 2 N–H and O–H groups in total. The number of amides is 1. The lowest BCUT2D eigenvalue weighted by atomic mass is 9.94. The quantitative estimate of drug-likeness (QED) is 0.823. The molecule has 2 aliphatic heterocycles. The van der Waals surface area contributed by atoms with Crippen LogP contribution < -0.4 is 15.6 Å². The lowest BCUT2D eigenvalue weighted by Gasteiger charge is -2.36. The first kappa shape index (κ1) is 19.1. The molecule has 0 aliphatic carbocycles. The molecule has 0 saturated carbocycles. The van der Waals surface area contributed by atoms with Gasteiger partial charge in [-0.25, -0.2) is 0 Å². The van der Waals surface area contributed by atoms with E-state index in [0.717, 1.165) is 18.4 Å². The first-order chi connectivity index (χ1) is 13.4. The van der Waals surface area contributed by atoms with Crippen LogP contribution in [0.25, 0.3) is 0 Å². The van der Waals surface area contributed by atoms with Crippen LogP contribution in [0.4, 0.5) is 5.82 Å². The third-order valence-corrected chi connectivity index (χ3v) is 6.57. The van der Waals surface area contributed by atoms with Crippen LogP contribution >= 0.6 is 11.8 Å². The number of H-pyrrole nitrogens is 1. The summed E-state index contributed by atoms with van der Waals surface area (Å²) < 4.78 is 13.2. The molecule has 1 fully saturated rings. The number of nitrogens with one attached hydrogen (secondary N) is 2. The lowest BCUT2D eigenvalue weighted by Crippen LogP contribution is -2.36. The van der Waals surface area contributed by atoms with E-state index in [-0.39, 0.29) is 34.1 Å². The molecule has 1 aromatic heterocycles. The highest BCUT2D eigenvalue weighted by Gasteiger charge is 2.36. The minimum Gasteiger partial charge on any atom is -0.496 e. The van der Waals surface area contributed by atoms with Crippen LogP contribution in [0.2, 0.25) is 0 Å². The maximum atomic E-state index is 13.0. The summed E-state index contributed by atoms with van der Waals surface area (Å²) in [6.07, 6.45) is 1.54. The summed E-state index contributed by atoms with van der Waals surface area (Å²) in [6.45, 7) is 4.71. The van der Waals surface area contributed by atoms with Gasteiger partial charge in [0.05, 0.1) is 35.3 Å². The third kappa shape index (κ3) is 3.46. The number of para-hydroxylation sites is 1. The highest BCUT2D eigenvalue weighted by atomic mass is 32.2. The number of thioether (sulfide) groups is 1. The number of aromatic nitrogens is 2. The zero-order valence-corrected chi connectivity index (χ0v) is 17.1. The van der Waals surface area contributed by atoms with Gasteiger partial charge in [0.2, 0.25) is 5.91 Å². The molecule has 1 saturated heterocycles. The lowest BCUT2D eigenvalue weighted by molar-refractivity contribution is -0.113. The maximum Gasteiger partial charge on any atom is 0.270 e. The third-order valence-electron chi connectivity index (χ3n) is 5.32. The van der Waals surface area contributed by atoms with Crippen molar-refractivity contribution in [2.24, 2.45) is 0 Å². The normalized spacial score (nSPS) is 24.2. The Hall–Kier alpha value is -2.19. The summed E-state index contributed by atoms with van der Waals surface area (Å²) in [5, 5.41) is 5.66. The number of rotatable bonds is 3. The molecule has 8 heteroatoms. The Labute approximate surface area is 167 Å². The molecule has 2 atom stereocenters. The second-order valence-corrected chi connectivity index (χ2v) is 8.90. The number of carbonyl (C=O) groups is 1. The van der Waals surface area contributed by atoms with Crippen molar-refractivity contribution in [3.8, 4) is 5.75 Å². The number of hydrogen-bond acceptors (Lipinski definition) is 5. The van der Waals surface area contributed by atoms with Gasteiger partial charge in [-0.05, 0) is 32.8 Å². The van der Waals surface area contributed by atoms with Crippen molar-refractivity contribution in [3.63, 3.8) is 0 Å². The van der Waals surface area contributed by atoms with E-state index in [1.54, 1.807) is 7.11 Å². The van der Waals surface area contributed by atoms with Gasteiger partial charge in [-0.2, -0.15) is 0 Å². The fourth-order valence-corrected chi connectivity index (χ4v) is 5.22. The van der Waals surface area contributed by atoms with Crippen molar-refractivity contribution in [1.29, 1.82) is 0 Å². The molecule has 150 valence electrons. The first-order valence-corrected chi connectivity index (χ1v) is 10.5. The van der Waals surface area contributed by atoms with E-state index < -0.39 is 0 Å². The SMILES string of the molecule is COc1ccccc1[C@H]1SCC(=O)Nc2c1c(=O)[nH]n2[C@H]1CCOC(C)(C)C1. The maximum absolute atomic E-state index is 13.0. The summed E-state index contributed by atoms with van der Waals surface area (Å²) in [6, 6.07) is 7.70. The molecule has 0 radical (unpaired) electrons. The van der Waals surface area contributed by atoms with Crippen LogP contribution in [-0.4, -0.2) is 40.8 Å². The molecule has 28 heavy (non-hydrogen) atoms. The number of anilines is 1. The summed E-state index contributed by atoms with van der Waals surface area (Å²) >= 11 is 1.44. The summed E-state index contributed by atoms with van der Waals surface area (Å²) in [4.78, 5) is 25.5. The molecule has 1 amide bonds. The van der Waals surface area contributed by atoms with Crippen LogP contribution in [0.15, 0.2) is 29.1 Å². The molecule has 0 spiro atoms. The Morgan fingerprint density at radius 1 is 1.29 bits per heavy atom. The van der Waals surface area contributed by atoms with E-state index in [1.807, 2.05) is 42.8 Å². The van der Waals surface area contributed by atoms with Gasteiger partial charge in [0.25, 0.3) is 5.56 Å². The van der Waals surface area contributed by atoms with Crippen molar-refractivity contribution in [2.45, 2.75) is 43.6 Å². The van der Waals surface area contributed by atoms with Gasteiger partial charge >= 0.3 is 0 Å². The van der Waals surface area contributed by atoms with E-state index in [0.29, 0.717) is 23.7 Å². The number of aromatic amines is 1. The summed E-state index contributed by atoms with van der Waals surface area (Å²) in [5.41, 5.74) is 1.01. The Kier molecular flexibility index (Phi) is 5.01. The largest absolute Gasteiger partial charge is 0.496 e. The molecule has 2 aliphatic rings. The summed E-state index contributed by atoms with van der Waals surface area (Å²) in [5.74, 6) is 1.44. The van der Waals surface area contributed by atoms with Gasteiger partial charge in [0.15, 0.2) is 0 Å². The van der Waals surface area contributed by atoms with E-state index in [1.165, 1.54) is 11.8 Å². The van der Waals surface area contributed by atoms with Crippen molar-refractivity contribution >= 4 is 23.5 Å². The van der Waals surface area contributed by atoms with E-state index in [9.17, 15) is 9.59 Å². The molecule has 4 rings (SSSR count). The van der Waals surface area contributed by atoms with E-state index >= 15 is 0 Å². The second kappa shape index (κ2) is 7.33. The molecule has 2 aromatic rings. The minimum absolute atomic E-state index is 0.0573. The number of benzene rings is 1. The van der Waals surface area contributed by atoms with Gasteiger partial charge < -0.3 is 14.8 Å². The number of ether oxygens (including phenoxy) is 2. The van der Waals surface area contributed by atoms with Gasteiger partial charge in [0, 0.05) is 12.2 Å². The molecule has 0 bridgehead atoms. The Bertz CT molecular complexity index is 949. The van der Waals surface area contributed by atoms with Crippen LogP contribution in [0.3, 0.4) is 0 Å². The van der Waals surface area contributed by atoms with Crippen LogP contribution in [0, 0.1) is 0 Å². The monoisotopic (exact) mass is 403 g/mol. The zero-order valence-electron chi connectivity index (χ0n) is 16.3. The fraction of sp³-hybridized carbons (Fsp3) is 0.500. The van der Waals surface area contributed by atoms with Crippen LogP contribution in [-0.2, 0) is 9.53 Å². The average Bonchev–Trinajstić information content (AvgIpc) is 2.87. The highest BCUT2D eigenvalue weighted by Crippen LogP contribution is 2.44. The molecule has 3 heterocycles. The van der Waals surface area contributed by atoms with Gasteiger partial charge in [-0.3, -0.25) is 19.4 Å². The predicted octanol–water partition coefficient (Wildman–Crippen LogP) is 3.09. The topological polar surface area (TPSA) is 85.4 Å². The molecule has 0 unspecified atom stereocenters. The van der Waals surface area contributed by atoms with Crippen LogP contribution in [0.1, 0.15) is 49.1 Å². The molecule has 1 aromatic carbocycles. The van der Waals surface area contributed by atoms with Crippen molar-refractivity contribution in [1.82, 2.24) is 9.78 Å². The van der Waals surface area contributed by atoms with Crippen LogP contribution in [0.5, 0.6) is 5.75 Å². The van der Waals surface area contributed by atoms with E-state index in [4.69, 9.17) is 9.47 Å². The van der Waals surface area contributed by atoms with Gasteiger partial charge in [-0.15, -0.1) is 11.8 Å². The smallest absolute Gasteiger partial charge is 0.270 e. The number of carbonyl (C=O) groups excluding carboxylic acids is 1. The fourth-order valence-electron chi connectivity index (χ4n) is 4.07. The first-order valence-electron chi connectivity index (χ1n) is 9.42. The molecular weight excluding hydrogens is 378 g/mol. The molecule has 7 nitrogen and oxygen atoms in total. The zero-order chi connectivity index (χ0) is 19.9. The van der Waals surface area contributed by atoms with Gasteiger partial charge in [-0.1, -0.05) is 18.2 Å².